The molecule has 0 unspecified atom stereocenters. The first-order chi connectivity index (χ1) is 17.3. The third-order valence-electron chi connectivity index (χ3n) is 5.62. The zero-order chi connectivity index (χ0) is 25.4. The fourth-order valence-corrected chi connectivity index (χ4v) is 4.39. The van der Waals surface area contributed by atoms with Gasteiger partial charge >= 0.3 is 5.97 Å². The minimum atomic E-state index is -1.18. The standard InChI is InChI=1S/C28H16Cl3NO4/c29-22-10-7-19(15-21(22)28(34)35)32-25(16-4-2-1-3-5-16)14-18(27(32)33)12-20-8-11-26(36-20)17-6-9-23(30)24(31)13-17/h1-15H,(H,34,35)/b18-12+. The Morgan fingerprint density at radius 3 is 2.31 bits per heavy atom. The topological polar surface area (TPSA) is 70.8 Å². The fourth-order valence-electron chi connectivity index (χ4n) is 3.90. The van der Waals surface area contributed by atoms with Gasteiger partial charge in [0, 0.05) is 11.1 Å². The first kappa shape index (κ1) is 23.9. The van der Waals surface area contributed by atoms with Gasteiger partial charge in [-0.15, -0.1) is 0 Å². The summed E-state index contributed by atoms with van der Waals surface area (Å²) < 4.78 is 5.95. The molecule has 0 aliphatic carbocycles. The minimum Gasteiger partial charge on any atom is -0.478 e. The summed E-state index contributed by atoms with van der Waals surface area (Å²) in [5.74, 6) is -0.481. The van der Waals surface area contributed by atoms with Gasteiger partial charge < -0.3 is 9.52 Å². The molecule has 0 atom stereocenters. The smallest absolute Gasteiger partial charge is 0.337 e. The monoisotopic (exact) mass is 535 g/mol. The number of amides is 1. The highest BCUT2D eigenvalue weighted by Crippen LogP contribution is 2.37. The number of hydrogen-bond donors (Lipinski definition) is 1. The zero-order valence-electron chi connectivity index (χ0n) is 18.4. The van der Waals surface area contributed by atoms with Crippen molar-refractivity contribution >= 4 is 64.1 Å². The van der Waals surface area contributed by atoms with E-state index in [0.29, 0.717) is 38.5 Å². The molecular weight excluding hydrogens is 521 g/mol. The van der Waals surface area contributed by atoms with Gasteiger partial charge in [-0.1, -0.05) is 65.1 Å². The SMILES string of the molecule is O=C(O)c1cc(N2C(=O)/C(=C/c3ccc(-c4ccc(Cl)c(Cl)c4)o3)C=C2c2ccccc2)ccc1Cl. The molecular formula is C28H16Cl3NO4. The van der Waals surface area contributed by atoms with E-state index in [2.05, 4.69) is 0 Å². The molecule has 0 fully saturated rings. The largest absolute Gasteiger partial charge is 0.478 e. The molecule has 4 aromatic rings. The number of carboxylic acid groups (broad SMARTS) is 1. The molecule has 178 valence electrons. The molecule has 5 nitrogen and oxygen atoms in total. The Bertz CT molecular complexity index is 1570. The van der Waals surface area contributed by atoms with E-state index < -0.39 is 5.97 Å². The summed E-state index contributed by atoms with van der Waals surface area (Å²) in [6.45, 7) is 0. The molecule has 1 N–H and O–H groups in total. The number of furan rings is 1. The van der Waals surface area contributed by atoms with Crippen LogP contribution in [0.2, 0.25) is 15.1 Å². The summed E-state index contributed by atoms with van der Waals surface area (Å²) in [7, 11) is 0. The second-order valence-corrected chi connectivity index (χ2v) is 9.16. The Labute approximate surface area is 221 Å². The van der Waals surface area contributed by atoms with Gasteiger partial charge in [0.25, 0.3) is 5.91 Å². The quantitative estimate of drug-likeness (QED) is 0.262. The van der Waals surface area contributed by atoms with Crippen molar-refractivity contribution in [3.05, 3.63) is 122 Å². The number of carboxylic acids is 1. The zero-order valence-corrected chi connectivity index (χ0v) is 20.7. The third-order valence-corrected chi connectivity index (χ3v) is 6.69. The van der Waals surface area contributed by atoms with Crippen LogP contribution in [0.15, 0.2) is 94.9 Å². The van der Waals surface area contributed by atoms with E-state index in [1.807, 2.05) is 30.3 Å². The molecule has 1 aromatic heterocycles. The number of rotatable bonds is 5. The first-order valence-electron chi connectivity index (χ1n) is 10.7. The normalized spacial score (nSPS) is 14.4. The molecule has 0 bridgehead atoms. The van der Waals surface area contributed by atoms with Gasteiger partial charge in [-0.3, -0.25) is 9.69 Å². The van der Waals surface area contributed by atoms with Crippen LogP contribution in [-0.4, -0.2) is 17.0 Å². The fraction of sp³-hybridized carbons (Fsp3) is 0. The Morgan fingerprint density at radius 2 is 1.58 bits per heavy atom. The van der Waals surface area contributed by atoms with E-state index in [9.17, 15) is 14.7 Å². The van der Waals surface area contributed by atoms with Crippen LogP contribution in [0, 0.1) is 0 Å². The average molecular weight is 537 g/mol. The molecule has 8 heteroatoms. The number of nitrogens with zero attached hydrogens (tertiary/aromatic N) is 1. The van der Waals surface area contributed by atoms with E-state index in [1.165, 1.54) is 17.0 Å². The molecule has 1 aliphatic rings. The van der Waals surface area contributed by atoms with Crippen LogP contribution in [0.5, 0.6) is 0 Å². The van der Waals surface area contributed by atoms with Crippen LogP contribution in [0.1, 0.15) is 21.7 Å². The maximum atomic E-state index is 13.6. The summed E-state index contributed by atoms with van der Waals surface area (Å²) in [6, 6.07) is 22.5. The lowest BCUT2D eigenvalue weighted by Gasteiger charge is -2.21. The number of anilines is 1. The summed E-state index contributed by atoms with van der Waals surface area (Å²) in [4.78, 5) is 26.7. The van der Waals surface area contributed by atoms with E-state index in [4.69, 9.17) is 39.2 Å². The van der Waals surface area contributed by atoms with Gasteiger partial charge in [0.1, 0.15) is 11.5 Å². The molecule has 0 spiro atoms. The van der Waals surface area contributed by atoms with Crippen molar-refractivity contribution in [2.75, 3.05) is 4.90 Å². The van der Waals surface area contributed by atoms with Crippen LogP contribution in [0.25, 0.3) is 23.1 Å². The Morgan fingerprint density at radius 1 is 0.833 bits per heavy atom. The Hall–Kier alpha value is -3.77. The number of aromatic carboxylic acids is 1. The van der Waals surface area contributed by atoms with E-state index in [1.54, 1.807) is 48.6 Å². The number of benzene rings is 3. The molecule has 1 amide bonds. The predicted molar refractivity (Wildman–Crippen MR) is 142 cm³/mol. The molecule has 0 saturated heterocycles. The second-order valence-electron chi connectivity index (χ2n) is 7.94. The van der Waals surface area contributed by atoms with Crippen molar-refractivity contribution in [1.29, 1.82) is 0 Å². The number of halogens is 3. The molecule has 3 aromatic carbocycles. The number of carbonyl (C=O) groups is 2. The lowest BCUT2D eigenvalue weighted by molar-refractivity contribution is -0.113. The minimum absolute atomic E-state index is 0.0873. The maximum Gasteiger partial charge on any atom is 0.337 e. The molecule has 36 heavy (non-hydrogen) atoms. The summed E-state index contributed by atoms with van der Waals surface area (Å²) in [5.41, 5.74) is 2.80. The van der Waals surface area contributed by atoms with Crippen LogP contribution >= 0.6 is 34.8 Å². The van der Waals surface area contributed by atoms with Crippen molar-refractivity contribution in [3.8, 4) is 11.3 Å². The molecule has 1 aliphatic heterocycles. The van der Waals surface area contributed by atoms with E-state index >= 15 is 0 Å². The molecule has 5 rings (SSSR count). The van der Waals surface area contributed by atoms with Crippen LogP contribution < -0.4 is 4.90 Å². The lowest BCUT2D eigenvalue weighted by Crippen LogP contribution is -2.25. The molecule has 2 heterocycles. The van der Waals surface area contributed by atoms with Gasteiger partial charge in [-0.25, -0.2) is 4.79 Å². The highest BCUT2D eigenvalue weighted by molar-refractivity contribution is 6.42. The van der Waals surface area contributed by atoms with Gasteiger partial charge in [0.15, 0.2) is 0 Å². The maximum absolute atomic E-state index is 13.6. The van der Waals surface area contributed by atoms with Gasteiger partial charge in [0.2, 0.25) is 0 Å². The molecule has 0 saturated carbocycles. The number of hydrogen-bond acceptors (Lipinski definition) is 3. The summed E-state index contributed by atoms with van der Waals surface area (Å²) >= 11 is 18.2. The van der Waals surface area contributed by atoms with Gasteiger partial charge in [-0.05, 0) is 66.2 Å². The van der Waals surface area contributed by atoms with Crippen LogP contribution in [0.3, 0.4) is 0 Å². The van der Waals surface area contributed by atoms with Gasteiger partial charge in [0.05, 0.1) is 32.0 Å². The third kappa shape index (κ3) is 4.56. The van der Waals surface area contributed by atoms with Crippen molar-refractivity contribution < 1.29 is 19.1 Å². The van der Waals surface area contributed by atoms with Crippen LogP contribution in [-0.2, 0) is 4.79 Å². The number of carbonyl (C=O) groups excluding carboxylic acids is 1. The second kappa shape index (κ2) is 9.70. The average Bonchev–Trinajstić information content (AvgIpc) is 3.46. The highest BCUT2D eigenvalue weighted by atomic mass is 35.5. The van der Waals surface area contributed by atoms with Crippen molar-refractivity contribution in [3.63, 3.8) is 0 Å². The van der Waals surface area contributed by atoms with E-state index in [-0.39, 0.29) is 16.5 Å². The Kier molecular flexibility index (Phi) is 6.46. The van der Waals surface area contributed by atoms with Crippen LogP contribution in [0.4, 0.5) is 5.69 Å². The van der Waals surface area contributed by atoms with Crippen molar-refractivity contribution in [2.45, 2.75) is 0 Å². The predicted octanol–water partition coefficient (Wildman–Crippen LogP) is 8.08. The molecule has 0 radical (unpaired) electrons. The first-order valence-corrected chi connectivity index (χ1v) is 11.9. The highest BCUT2D eigenvalue weighted by Gasteiger charge is 2.31. The summed E-state index contributed by atoms with van der Waals surface area (Å²) in [5, 5.41) is 10.5. The van der Waals surface area contributed by atoms with Gasteiger partial charge in [-0.2, -0.15) is 0 Å². The summed E-state index contributed by atoms with van der Waals surface area (Å²) in [6.07, 6.45) is 3.38. The van der Waals surface area contributed by atoms with E-state index in [0.717, 1.165) is 11.1 Å². The van der Waals surface area contributed by atoms with Crippen molar-refractivity contribution in [2.24, 2.45) is 0 Å². The Balaban J connectivity index is 1.56. The van der Waals surface area contributed by atoms with Crippen molar-refractivity contribution in [1.82, 2.24) is 0 Å². The lowest BCUT2D eigenvalue weighted by atomic mass is 10.1.